The zero-order valence-corrected chi connectivity index (χ0v) is 15.0. The first-order valence-electron chi connectivity index (χ1n) is 8.61. The molecule has 1 N–H and O–H groups in total. The summed E-state index contributed by atoms with van der Waals surface area (Å²) in [6.07, 6.45) is -0.759. The Labute approximate surface area is 151 Å². The number of anilines is 1. The van der Waals surface area contributed by atoms with E-state index in [-0.39, 0.29) is 12.1 Å². The summed E-state index contributed by atoms with van der Waals surface area (Å²) in [5.41, 5.74) is 1.12. The van der Waals surface area contributed by atoms with E-state index < -0.39 is 6.09 Å². The highest BCUT2D eigenvalue weighted by Crippen LogP contribution is 2.37. The van der Waals surface area contributed by atoms with Crippen molar-refractivity contribution in [2.45, 2.75) is 26.9 Å². The van der Waals surface area contributed by atoms with Crippen molar-refractivity contribution in [2.75, 3.05) is 11.9 Å². The smallest absolute Gasteiger partial charge is 0.411 e. The molecule has 5 heteroatoms. The SMILES string of the molecule is CCOC(=O)c1c2ccccc2c(NC(=O)OC(C)C)c2ccccc12. The van der Waals surface area contributed by atoms with Crippen molar-refractivity contribution in [1.29, 1.82) is 0 Å². The average Bonchev–Trinajstić information content (AvgIpc) is 2.61. The molecule has 1 amide bonds. The molecule has 0 saturated carbocycles. The van der Waals surface area contributed by atoms with E-state index in [2.05, 4.69) is 5.32 Å². The van der Waals surface area contributed by atoms with Gasteiger partial charge in [0.15, 0.2) is 0 Å². The number of ether oxygens (including phenoxy) is 2. The minimum Gasteiger partial charge on any atom is -0.462 e. The first kappa shape index (κ1) is 17.7. The van der Waals surface area contributed by atoms with Gasteiger partial charge in [-0.3, -0.25) is 5.32 Å². The molecule has 3 aromatic rings. The summed E-state index contributed by atoms with van der Waals surface area (Å²) < 4.78 is 10.5. The van der Waals surface area contributed by atoms with Gasteiger partial charge in [0.25, 0.3) is 0 Å². The predicted molar refractivity (Wildman–Crippen MR) is 103 cm³/mol. The molecular formula is C21H21NO4. The number of esters is 1. The summed E-state index contributed by atoms with van der Waals surface area (Å²) in [5.74, 6) is -0.379. The molecule has 0 saturated heterocycles. The van der Waals surface area contributed by atoms with Crippen molar-refractivity contribution in [2.24, 2.45) is 0 Å². The van der Waals surface area contributed by atoms with Gasteiger partial charge in [-0.25, -0.2) is 9.59 Å². The van der Waals surface area contributed by atoms with Crippen LogP contribution >= 0.6 is 0 Å². The third-order valence-corrected chi connectivity index (χ3v) is 3.98. The number of carbonyl (C=O) groups is 2. The number of hydrogen-bond acceptors (Lipinski definition) is 4. The lowest BCUT2D eigenvalue weighted by molar-refractivity contribution is 0.0531. The Kier molecular flexibility index (Phi) is 5.07. The highest BCUT2D eigenvalue weighted by molar-refractivity contribution is 6.24. The molecule has 0 radical (unpaired) electrons. The lowest BCUT2D eigenvalue weighted by Crippen LogP contribution is -2.18. The van der Waals surface area contributed by atoms with Gasteiger partial charge < -0.3 is 9.47 Å². The van der Waals surface area contributed by atoms with Crippen LogP contribution < -0.4 is 5.32 Å². The second-order valence-corrected chi connectivity index (χ2v) is 6.14. The van der Waals surface area contributed by atoms with E-state index in [9.17, 15) is 9.59 Å². The quantitative estimate of drug-likeness (QED) is 0.523. The molecule has 134 valence electrons. The summed E-state index contributed by atoms with van der Waals surface area (Å²) in [4.78, 5) is 24.8. The zero-order valence-electron chi connectivity index (χ0n) is 15.0. The summed E-state index contributed by atoms with van der Waals surface area (Å²) >= 11 is 0. The topological polar surface area (TPSA) is 64.6 Å². The third-order valence-electron chi connectivity index (χ3n) is 3.98. The second kappa shape index (κ2) is 7.44. The van der Waals surface area contributed by atoms with Gasteiger partial charge >= 0.3 is 12.1 Å². The van der Waals surface area contributed by atoms with Gasteiger partial charge in [-0.1, -0.05) is 48.5 Å². The molecule has 0 bridgehead atoms. The number of benzene rings is 3. The molecule has 0 aliphatic rings. The molecule has 3 aromatic carbocycles. The average molecular weight is 351 g/mol. The van der Waals surface area contributed by atoms with Gasteiger partial charge in [-0.15, -0.1) is 0 Å². The van der Waals surface area contributed by atoms with Crippen LogP contribution in [0.3, 0.4) is 0 Å². The Morgan fingerprint density at radius 3 is 1.88 bits per heavy atom. The Morgan fingerprint density at radius 1 is 0.923 bits per heavy atom. The van der Waals surface area contributed by atoms with Crippen molar-refractivity contribution in [3.8, 4) is 0 Å². The van der Waals surface area contributed by atoms with Crippen molar-refractivity contribution in [3.63, 3.8) is 0 Å². The number of amides is 1. The van der Waals surface area contributed by atoms with Crippen molar-refractivity contribution >= 4 is 39.3 Å². The van der Waals surface area contributed by atoms with Gasteiger partial charge in [-0.2, -0.15) is 0 Å². The van der Waals surface area contributed by atoms with Gasteiger partial charge in [-0.05, 0) is 31.5 Å². The molecule has 0 aromatic heterocycles. The molecule has 5 nitrogen and oxygen atoms in total. The van der Waals surface area contributed by atoms with Gasteiger partial charge in [0, 0.05) is 10.8 Å². The number of hydrogen-bond donors (Lipinski definition) is 1. The fourth-order valence-corrected chi connectivity index (χ4v) is 3.03. The number of rotatable bonds is 4. The fourth-order valence-electron chi connectivity index (χ4n) is 3.03. The Morgan fingerprint density at radius 2 is 1.42 bits per heavy atom. The van der Waals surface area contributed by atoms with Crippen LogP contribution in [0.1, 0.15) is 31.1 Å². The van der Waals surface area contributed by atoms with Crippen molar-refractivity contribution in [3.05, 3.63) is 54.1 Å². The van der Waals surface area contributed by atoms with E-state index >= 15 is 0 Å². The summed E-state index contributed by atoms with van der Waals surface area (Å²) in [6.45, 7) is 5.65. The summed E-state index contributed by atoms with van der Waals surface area (Å²) in [6, 6.07) is 14.9. The third kappa shape index (κ3) is 3.33. The van der Waals surface area contributed by atoms with Crippen LogP contribution in [0.15, 0.2) is 48.5 Å². The van der Waals surface area contributed by atoms with Crippen molar-refractivity contribution < 1.29 is 19.1 Å². The van der Waals surface area contributed by atoms with Crippen LogP contribution in [0.25, 0.3) is 21.5 Å². The van der Waals surface area contributed by atoms with Crippen LogP contribution in [0.4, 0.5) is 10.5 Å². The number of carbonyl (C=O) groups excluding carboxylic acids is 2. The van der Waals surface area contributed by atoms with E-state index in [0.717, 1.165) is 21.5 Å². The van der Waals surface area contributed by atoms with E-state index in [1.165, 1.54) is 0 Å². The molecule has 0 spiro atoms. The van der Waals surface area contributed by atoms with Crippen molar-refractivity contribution in [1.82, 2.24) is 0 Å². The molecular weight excluding hydrogens is 330 g/mol. The number of nitrogens with one attached hydrogen (secondary N) is 1. The molecule has 3 rings (SSSR count). The second-order valence-electron chi connectivity index (χ2n) is 6.14. The van der Waals surface area contributed by atoms with E-state index in [1.807, 2.05) is 48.5 Å². The summed E-state index contributed by atoms with van der Waals surface area (Å²) in [7, 11) is 0. The Hall–Kier alpha value is -3.08. The van der Waals surface area contributed by atoms with Crippen LogP contribution in [-0.2, 0) is 9.47 Å². The molecule has 0 unspecified atom stereocenters. The largest absolute Gasteiger partial charge is 0.462 e. The first-order chi connectivity index (χ1) is 12.5. The minimum absolute atomic E-state index is 0.230. The molecule has 0 aliphatic carbocycles. The fraction of sp³-hybridized carbons (Fsp3) is 0.238. The van der Waals surface area contributed by atoms with Crippen LogP contribution in [0.2, 0.25) is 0 Å². The van der Waals surface area contributed by atoms with E-state index in [4.69, 9.17) is 9.47 Å². The molecule has 26 heavy (non-hydrogen) atoms. The van der Waals surface area contributed by atoms with Gasteiger partial charge in [0.05, 0.1) is 24.0 Å². The standard InChI is InChI=1S/C21H21NO4/c1-4-25-20(23)18-14-9-5-7-11-16(14)19(22-21(24)26-13(2)3)17-12-8-6-10-15(17)18/h5-13H,4H2,1-3H3,(H,22,24). The molecule has 0 fully saturated rings. The maximum absolute atomic E-state index is 12.6. The lowest BCUT2D eigenvalue weighted by Gasteiger charge is -2.17. The normalized spacial score (nSPS) is 10.9. The van der Waals surface area contributed by atoms with Crippen LogP contribution in [0, 0.1) is 0 Å². The molecule has 0 atom stereocenters. The number of fused-ring (bicyclic) bond motifs is 2. The van der Waals surface area contributed by atoms with Gasteiger partial charge in [0.1, 0.15) is 0 Å². The molecule has 0 heterocycles. The summed E-state index contributed by atoms with van der Waals surface area (Å²) in [5, 5.41) is 5.82. The Balaban J connectivity index is 2.29. The van der Waals surface area contributed by atoms with E-state index in [0.29, 0.717) is 17.9 Å². The maximum atomic E-state index is 12.6. The monoisotopic (exact) mass is 351 g/mol. The first-order valence-corrected chi connectivity index (χ1v) is 8.61. The highest BCUT2D eigenvalue weighted by Gasteiger charge is 2.20. The minimum atomic E-state index is -0.529. The highest BCUT2D eigenvalue weighted by atomic mass is 16.6. The van der Waals surface area contributed by atoms with E-state index in [1.54, 1.807) is 20.8 Å². The zero-order chi connectivity index (χ0) is 18.7. The Bertz CT molecular complexity index is 921. The lowest BCUT2D eigenvalue weighted by atomic mass is 9.94. The van der Waals surface area contributed by atoms with Crippen LogP contribution in [0.5, 0.6) is 0 Å². The molecule has 0 aliphatic heterocycles. The van der Waals surface area contributed by atoms with Crippen LogP contribution in [-0.4, -0.2) is 24.8 Å². The predicted octanol–water partition coefficient (Wildman–Crippen LogP) is 5.13. The van der Waals surface area contributed by atoms with Gasteiger partial charge in [0.2, 0.25) is 0 Å². The maximum Gasteiger partial charge on any atom is 0.411 e.